The predicted octanol–water partition coefficient (Wildman–Crippen LogP) is 0.980. The van der Waals surface area contributed by atoms with Gasteiger partial charge in [0.2, 0.25) is 0 Å². The van der Waals surface area contributed by atoms with Crippen LogP contribution in [0.1, 0.15) is 11.3 Å². The lowest BCUT2D eigenvalue weighted by Gasteiger charge is -1.96. The van der Waals surface area contributed by atoms with E-state index in [1.165, 1.54) is 10.8 Å². The van der Waals surface area contributed by atoms with E-state index in [0.29, 0.717) is 0 Å². The molecule has 2 heterocycles. The SMILES string of the molecule is C1=CCc2c3oc(c2=C1)=CC=C3. The summed E-state index contributed by atoms with van der Waals surface area (Å²) >= 11 is 0. The maximum atomic E-state index is 5.59. The van der Waals surface area contributed by atoms with Crippen LogP contribution < -0.4 is 10.6 Å². The molecule has 0 atom stereocenters. The maximum absolute atomic E-state index is 5.59. The van der Waals surface area contributed by atoms with E-state index >= 15 is 0 Å². The van der Waals surface area contributed by atoms with Crippen LogP contribution >= 0.6 is 0 Å². The van der Waals surface area contributed by atoms with Crippen molar-refractivity contribution >= 4 is 18.2 Å². The van der Waals surface area contributed by atoms with Crippen molar-refractivity contribution in [2.75, 3.05) is 0 Å². The van der Waals surface area contributed by atoms with Crippen LogP contribution in [-0.2, 0) is 6.42 Å². The molecular weight excluding hydrogens is 148 g/mol. The summed E-state index contributed by atoms with van der Waals surface area (Å²) in [6.45, 7) is 0. The Kier molecular flexibility index (Phi) is 1.01. The molecule has 0 radical (unpaired) electrons. The van der Waals surface area contributed by atoms with E-state index in [4.69, 9.17) is 4.42 Å². The van der Waals surface area contributed by atoms with Gasteiger partial charge in [-0.25, -0.2) is 0 Å². The molecule has 0 saturated carbocycles. The highest BCUT2D eigenvalue weighted by molar-refractivity contribution is 5.63. The van der Waals surface area contributed by atoms with Crippen LogP contribution in [0.2, 0.25) is 0 Å². The van der Waals surface area contributed by atoms with E-state index in [1.54, 1.807) is 0 Å². The molecule has 0 amide bonds. The first-order valence-electron chi connectivity index (χ1n) is 4.12. The molecule has 2 aliphatic rings. The molecule has 1 aromatic rings. The van der Waals surface area contributed by atoms with Crippen LogP contribution in [-0.4, -0.2) is 0 Å². The molecular formula is C11H8O. The molecule has 0 saturated heterocycles. The number of fused-ring (bicyclic) bond motifs is 5. The molecule has 1 nitrogen and oxygen atoms in total. The van der Waals surface area contributed by atoms with Crippen molar-refractivity contribution in [3.05, 3.63) is 40.2 Å². The summed E-state index contributed by atoms with van der Waals surface area (Å²) < 4.78 is 5.59. The van der Waals surface area contributed by atoms with E-state index in [0.717, 1.165) is 17.6 Å². The van der Waals surface area contributed by atoms with Gasteiger partial charge in [-0.1, -0.05) is 24.3 Å². The zero-order valence-corrected chi connectivity index (χ0v) is 6.58. The van der Waals surface area contributed by atoms with Crippen molar-refractivity contribution < 1.29 is 4.42 Å². The molecule has 1 aliphatic heterocycles. The minimum absolute atomic E-state index is 1.00. The third kappa shape index (κ3) is 0.632. The fourth-order valence-electron chi connectivity index (χ4n) is 1.74. The summed E-state index contributed by atoms with van der Waals surface area (Å²) in [5.41, 5.74) is 2.34. The second-order valence-corrected chi connectivity index (χ2v) is 3.05. The molecule has 1 aromatic heterocycles. The number of rotatable bonds is 0. The highest BCUT2D eigenvalue weighted by atomic mass is 16.3. The van der Waals surface area contributed by atoms with Gasteiger partial charge >= 0.3 is 0 Å². The molecule has 1 heteroatoms. The van der Waals surface area contributed by atoms with Gasteiger partial charge in [0.25, 0.3) is 0 Å². The summed E-state index contributed by atoms with van der Waals surface area (Å²) in [5, 5.41) is 1.26. The lowest BCUT2D eigenvalue weighted by Crippen LogP contribution is -2.23. The summed E-state index contributed by atoms with van der Waals surface area (Å²) in [6.07, 6.45) is 13.4. The quantitative estimate of drug-likeness (QED) is 0.545. The highest BCUT2D eigenvalue weighted by Crippen LogP contribution is 2.11. The summed E-state index contributed by atoms with van der Waals surface area (Å²) in [7, 11) is 0. The lowest BCUT2D eigenvalue weighted by molar-refractivity contribution is 0.518. The summed E-state index contributed by atoms with van der Waals surface area (Å²) in [5.74, 6) is 1.03. The number of hydrogen-bond acceptors (Lipinski definition) is 1. The standard InChI is InChI=1S/C11H8O/c1-2-5-9-8(4-1)10-6-3-7-11(9)12-10/h1-4,6-7H,5H2. The third-order valence-electron chi connectivity index (χ3n) is 2.32. The zero-order valence-electron chi connectivity index (χ0n) is 6.58. The van der Waals surface area contributed by atoms with Gasteiger partial charge < -0.3 is 4.42 Å². The van der Waals surface area contributed by atoms with Crippen molar-refractivity contribution in [3.8, 4) is 0 Å². The highest BCUT2D eigenvalue weighted by Gasteiger charge is 2.10. The third-order valence-corrected chi connectivity index (χ3v) is 2.32. The van der Waals surface area contributed by atoms with Crippen molar-refractivity contribution in [2.45, 2.75) is 6.42 Å². The Hall–Kier alpha value is -1.50. The largest absolute Gasteiger partial charge is 0.456 e. The van der Waals surface area contributed by atoms with E-state index < -0.39 is 0 Å². The van der Waals surface area contributed by atoms with Crippen LogP contribution in [0.4, 0.5) is 0 Å². The monoisotopic (exact) mass is 156 g/mol. The second-order valence-electron chi connectivity index (χ2n) is 3.05. The van der Waals surface area contributed by atoms with Crippen LogP contribution in [0.3, 0.4) is 0 Å². The van der Waals surface area contributed by atoms with E-state index in [1.807, 2.05) is 18.2 Å². The molecule has 0 aromatic carbocycles. The second kappa shape index (κ2) is 2.01. The van der Waals surface area contributed by atoms with Gasteiger partial charge in [-0.05, 0) is 18.6 Å². The first-order valence-corrected chi connectivity index (χ1v) is 4.12. The van der Waals surface area contributed by atoms with E-state index in [9.17, 15) is 0 Å². The van der Waals surface area contributed by atoms with Crippen LogP contribution in [0.5, 0.6) is 0 Å². The number of furan rings is 1. The lowest BCUT2D eigenvalue weighted by atomic mass is 10.1. The Morgan fingerprint density at radius 1 is 1.17 bits per heavy atom. The predicted molar refractivity (Wildman–Crippen MR) is 48.8 cm³/mol. The average Bonchev–Trinajstić information content (AvgIpc) is 2.41. The average molecular weight is 156 g/mol. The van der Waals surface area contributed by atoms with E-state index in [2.05, 4.69) is 18.2 Å². The molecule has 0 N–H and O–H groups in total. The molecule has 12 heavy (non-hydrogen) atoms. The van der Waals surface area contributed by atoms with E-state index in [-0.39, 0.29) is 0 Å². The van der Waals surface area contributed by atoms with Gasteiger partial charge in [0, 0.05) is 10.8 Å². The normalized spacial score (nSPS) is 16.7. The van der Waals surface area contributed by atoms with Crippen molar-refractivity contribution in [1.82, 2.24) is 0 Å². The number of allylic oxidation sites excluding steroid dienone is 3. The fraction of sp³-hybridized carbons (Fsp3) is 0.0909. The van der Waals surface area contributed by atoms with Crippen LogP contribution in [0.25, 0.3) is 18.2 Å². The van der Waals surface area contributed by atoms with Crippen molar-refractivity contribution in [3.63, 3.8) is 0 Å². The Morgan fingerprint density at radius 3 is 3.17 bits per heavy atom. The summed E-state index contributed by atoms with van der Waals surface area (Å²) in [6, 6.07) is 0. The van der Waals surface area contributed by atoms with Gasteiger partial charge in [-0.3, -0.25) is 0 Å². The minimum Gasteiger partial charge on any atom is -0.456 e. The Labute approximate surface area is 70.0 Å². The minimum atomic E-state index is 1.00. The Bertz CT molecular complexity index is 498. The molecule has 0 fully saturated rings. The van der Waals surface area contributed by atoms with Crippen LogP contribution in [0, 0.1) is 0 Å². The maximum Gasteiger partial charge on any atom is 0.135 e. The van der Waals surface area contributed by atoms with Crippen LogP contribution in [0.15, 0.2) is 22.6 Å². The van der Waals surface area contributed by atoms with Crippen molar-refractivity contribution in [1.29, 1.82) is 0 Å². The van der Waals surface area contributed by atoms with Gasteiger partial charge in [0.1, 0.15) is 11.2 Å². The topological polar surface area (TPSA) is 13.1 Å². The smallest absolute Gasteiger partial charge is 0.135 e. The fourth-order valence-corrected chi connectivity index (χ4v) is 1.74. The Morgan fingerprint density at radius 2 is 2.17 bits per heavy atom. The first-order chi connectivity index (χ1) is 5.95. The number of hydrogen-bond donors (Lipinski definition) is 0. The van der Waals surface area contributed by atoms with Gasteiger partial charge in [-0.15, -0.1) is 0 Å². The van der Waals surface area contributed by atoms with Gasteiger partial charge in [0.15, 0.2) is 0 Å². The Balaban J connectivity index is 2.56. The van der Waals surface area contributed by atoms with Crippen molar-refractivity contribution in [2.24, 2.45) is 0 Å². The van der Waals surface area contributed by atoms with Gasteiger partial charge in [-0.2, -0.15) is 0 Å². The zero-order chi connectivity index (χ0) is 7.97. The molecule has 0 unspecified atom stereocenters. The molecule has 58 valence electrons. The molecule has 1 aliphatic carbocycles. The summed E-state index contributed by atoms with van der Waals surface area (Å²) in [4.78, 5) is 0. The molecule has 2 bridgehead atoms. The van der Waals surface area contributed by atoms with Gasteiger partial charge in [0.05, 0.1) is 0 Å². The molecule has 0 spiro atoms. The first kappa shape index (κ1) is 6.06. The molecule has 3 rings (SSSR count).